The zero-order valence-electron chi connectivity index (χ0n) is 19.0. The molecule has 3 atom stereocenters. The Balaban J connectivity index is 1.46. The maximum Gasteiger partial charge on any atom is 0.434 e. The highest BCUT2D eigenvalue weighted by atomic mass is 19.4. The lowest BCUT2D eigenvalue weighted by atomic mass is 10.0. The van der Waals surface area contributed by atoms with Gasteiger partial charge in [0.05, 0.1) is 11.3 Å². The highest BCUT2D eigenvalue weighted by molar-refractivity contribution is 6.00. The molecule has 180 valence electrons. The number of hydrogen-bond donors (Lipinski definition) is 2. The van der Waals surface area contributed by atoms with E-state index in [1.165, 1.54) is 13.3 Å². The fourth-order valence-corrected chi connectivity index (χ4v) is 4.75. The van der Waals surface area contributed by atoms with E-state index >= 15 is 0 Å². The molecule has 0 radical (unpaired) electrons. The molecule has 3 heterocycles. The minimum Gasteiger partial charge on any atom is -0.392 e. The lowest BCUT2D eigenvalue weighted by molar-refractivity contribution is -0.0926. The predicted octanol–water partition coefficient (Wildman–Crippen LogP) is 3.34. The number of carbonyl (C=O) groups excluding carboxylic acids is 1. The first kappa shape index (κ1) is 23.9. The van der Waals surface area contributed by atoms with Gasteiger partial charge in [-0.15, -0.1) is 0 Å². The van der Waals surface area contributed by atoms with Crippen LogP contribution in [0.5, 0.6) is 0 Å². The van der Waals surface area contributed by atoms with Crippen LogP contribution in [0.1, 0.15) is 28.8 Å². The lowest BCUT2D eigenvalue weighted by Gasteiger charge is -2.34. The summed E-state index contributed by atoms with van der Waals surface area (Å²) in [6, 6.07) is 7.29. The number of pyridine rings is 2. The highest BCUT2D eigenvalue weighted by Crippen LogP contribution is 2.39. The number of nitrogens with zero attached hydrogens (tertiary/aromatic N) is 4. The number of fused-ring (bicyclic) bond motifs is 2. The molecule has 1 saturated carbocycles. The second kappa shape index (κ2) is 9.92. The zero-order valence-corrected chi connectivity index (χ0v) is 19.0. The maximum atomic E-state index is 13.6. The van der Waals surface area contributed by atoms with Crippen LogP contribution in [0.25, 0.3) is 11.4 Å². The summed E-state index contributed by atoms with van der Waals surface area (Å²) in [6.07, 6.45) is 2.65. The van der Waals surface area contributed by atoms with E-state index in [1.54, 1.807) is 12.4 Å². The van der Waals surface area contributed by atoms with Gasteiger partial charge >= 0.3 is 6.18 Å². The Morgan fingerprint density at radius 3 is 2.79 bits per heavy atom. The second-order valence-electron chi connectivity index (χ2n) is 8.63. The van der Waals surface area contributed by atoms with Gasteiger partial charge in [-0.1, -0.05) is 6.07 Å². The predicted molar refractivity (Wildman–Crippen MR) is 123 cm³/mol. The smallest absolute Gasteiger partial charge is 0.392 e. The molecule has 0 aromatic carbocycles. The van der Waals surface area contributed by atoms with Crippen LogP contribution in [0.4, 0.5) is 13.2 Å². The first-order valence-electron chi connectivity index (χ1n) is 11.2. The number of allylic oxidation sites excluding steroid dienone is 1. The van der Waals surface area contributed by atoms with E-state index in [0.717, 1.165) is 24.6 Å². The van der Waals surface area contributed by atoms with Crippen molar-refractivity contribution >= 4 is 12.1 Å². The van der Waals surface area contributed by atoms with Gasteiger partial charge in [-0.25, -0.2) is 0 Å². The average Bonchev–Trinajstić information content (AvgIpc) is 3.41. The molecule has 0 spiro atoms. The van der Waals surface area contributed by atoms with Gasteiger partial charge in [0.15, 0.2) is 5.70 Å². The Hall–Kier alpha value is -3.27. The lowest BCUT2D eigenvalue weighted by Crippen LogP contribution is -2.50. The molecule has 2 aliphatic rings. The number of aromatic nitrogens is 2. The minimum absolute atomic E-state index is 0.00663. The van der Waals surface area contributed by atoms with Crippen LogP contribution in [-0.4, -0.2) is 65.4 Å². The van der Waals surface area contributed by atoms with Crippen LogP contribution in [0.3, 0.4) is 0 Å². The van der Waals surface area contributed by atoms with Crippen LogP contribution < -0.4 is 10.6 Å². The van der Waals surface area contributed by atoms with Gasteiger partial charge in [0, 0.05) is 57.0 Å². The van der Waals surface area contributed by atoms with E-state index in [9.17, 15) is 18.0 Å². The van der Waals surface area contributed by atoms with Crippen LogP contribution in [0.15, 0.2) is 53.5 Å². The summed E-state index contributed by atoms with van der Waals surface area (Å²) >= 11 is 0. The molecule has 2 aromatic rings. The van der Waals surface area contributed by atoms with Gasteiger partial charge in [-0.3, -0.25) is 19.8 Å². The van der Waals surface area contributed by atoms with Gasteiger partial charge in [-0.2, -0.15) is 13.2 Å². The Kier molecular flexibility index (Phi) is 6.97. The number of hydrogen-bond acceptors (Lipinski definition) is 6. The van der Waals surface area contributed by atoms with Crippen molar-refractivity contribution in [1.29, 1.82) is 0 Å². The molecule has 34 heavy (non-hydrogen) atoms. The number of carbonyl (C=O) groups is 1. The van der Waals surface area contributed by atoms with E-state index in [0.29, 0.717) is 29.4 Å². The number of alkyl halides is 3. The average molecular weight is 473 g/mol. The molecule has 1 saturated heterocycles. The molecule has 10 heteroatoms. The summed E-state index contributed by atoms with van der Waals surface area (Å²) in [6.45, 7) is 2.73. The third-order valence-corrected chi connectivity index (χ3v) is 6.18. The van der Waals surface area contributed by atoms with Crippen molar-refractivity contribution in [3.8, 4) is 11.4 Å². The zero-order chi connectivity index (χ0) is 24.3. The molecule has 7 nitrogen and oxygen atoms in total. The molecule has 1 aliphatic carbocycles. The van der Waals surface area contributed by atoms with Crippen LogP contribution in [0, 0.1) is 12.8 Å². The Morgan fingerprint density at radius 1 is 1.29 bits per heavy atom. The third kappa shape index (κ3) is 5.11. The van der Waals surface area contributed by atoms with Crippen molar-refractivity contribution < 1.29 is 18.0 Å². The van der Waals surface area contributed by atoms with Crippen LogP contribution >= 0.6 is 0 Å². The van der Waals surface area contributed by atoms with E-state index in [-0.39, 0.29) is 24.5 Å². The van der Waals surface area contributed by atoms with E-state index < -0.39 is 11.9 Å². The number of nitrogens with one attached hydrogen (secondary N) is 2. The van der Waals surface area contributed by atoms with Crippen molar-refractivity contribution in [3.63, 3.8) is 0 Å². The Morgan fingerprint density at radius 2 is 2.12 bits per heavy atom. The van der Waals surface area contributed by atoms with Crippen molar-refractivity contribution in [2.45, 2.75) is 38.0 Å². The van der Waals surface area contributed by atoms with Crippen molar-refractivity contribution in [2.75, 3.05) is 20.1 Å². The molecule has 2 fully saturated rings. The van der Waals surface area contributed by atoms with Gasteiger partial charge in [-0.05, 0) is 49.4 Å². The minimum atomic E-state index is -4.53. The molecule has 1 aliphatic heterocycles. The SMILES string of the molecule is CN/C=C(\N=C/CNC1CC2CC1N(C(=O)c1cc(C)cnc1-c1ccccn1)C2)C(F)(F)F. The van der Waals surface area contributed by atoms with E-state index in [2.05, 4.69) is 25.6 Å². The molecular formula is C24H27F3N6O. The normalized spacial score (nSPS) is 22.6. The van der Waals surface area contributed by atoms with Crippen LogP contribution in [-0.2, 0) is 0 Å². The fourth-order valence-electron chi connectivity index (χ4n) is 4.75. The molecule has 2 bridgehead atoms. The van der Waals surface area contributed by atoms with Crippen molar-refractivity contribution in [3.05, 3.63) is 59.7 Å². The van der Waals surface area contributed by atoms with Gasteiger partial charge < -0.3 is 15.5 Å². The number of aliphatic imine (C=N–C) groups is 1. The maximum absolute atomic E-state index is 13.6. The van der Waals surface area contributed by atoms with Gasteiger partial charge in [0.25, 0.3) is 5.91 Å². The number of amides is 1. The third-order valence-electron chi connectivity index (χ3n) is 6.18. The largest absolute Gasteiger partial charge is 0.434 e. The number of halogens is 3. The standard InChI is InChI=1S/C24H27F3N6O/c1-15-9-17(22(32-12-15)18-5-3-4-6-29-18)23(34)33-14-16-10-19(20(33)11-16)30-7-8-31-21(13-28-2)24(25,26)27/h3-6,8-9,12-13,16,19-20,28,30H,7,10-11,14H2,1-2H3/b21-13-,31-8-. The molecule has 2 N–H and O–H groups in total. The number of likely N-dealkylation sites (tertiary alicyclic amines) is 1. The van der Waals surface area contributed by atoms with Crippen molar-refractivity contribution in [1.82, 2.24) is 25.5 Å². The summed E-state index contributed by atoms with van der Waals surface area (Å²) in [5, 5.41) is 5.63. The van der Waals surface area contributed by atoms with E-state index in [1.807, 2.05) is 36.1 Å². The Bertz CT molecular complexity index is 1090. The van der Waals surface area contributed by atoms with Gasteiger partial charge in [0.1, 0.15) is 5.69 Å². The summed E-state index contributed by atoms with van der Waals surface area (Å²) in [4.78, 5) is 27.9. The molecule has 3 unspecified atom stereocenters. The summed E-state index contributed by atoms with van der Waals surface area (Å²) in [5.41, 5.74) is 1.59. The number of aryl methyl sites for hydroxylation is 1. The number of rotatable bonds is 7. The fraction of sp³-hybridized carbons (Fsp3) is 0.417. The summed E-state index contributed by atoms with van der Waals surface area (Å²) < 4.78 is 38.8. The highest BCUT2D eigenvalue weighted by Gasteiger charge is 2.47. The molecule has 2 aromatic heterocycles. The van der Waals surface area contributed by atoms with Crippen LogP contribution in [0.2, 0.25) is 0 Å². The first-order chi connectivity index (χ1) is 16.3. The molecular weight excluding hydrogens is 445 g/mol. The topological polar surface area (TPSA) is 82.5 Å². The second-order valence-corrected chi connectivity index (χ2v) is 8.63. The van der Waals surface area contributed by atoms with E-state index in [4.69, 9.17) is 0 Å². The van der Waals surface area contributed by atoms with Gasteiger partial charge in [0.2, 0.25) is 0 Å². The Labute approximate surface area is 196 Å². The summed E-state index contributed by atoms with van der Waals surface area (Å²) in [7, 11) is 1.39. The molecule has 1 amide bonds. The molecule has 4 rings (SSSR count). The quantitative estimate of drug-likeness (QED) is 0.604. The van der Waals surface area contributed by atoms with Crippen molar-refractivity contribution in [2.24, 2.45) is 10.9 Å². The number of piperidine rings is 1. The monoisotopic (exact) mass is 472 g/mol. The summed E-state index contributed by atoms with van der Waals surface area (Å²) in [5.74, 6) is 0.259. The first-order valence-corrected chi connectivity index (χ1v) is 11.2.